The average molecular weight is 454 g/mol. The maximum atomic E-state index is 4.76. The molecule has 0 amide bonds. The fourth-order valence-electron chi connectivity index (χ4n) is 2.64. The lowest BCUT2D eigenvalue weighted by atomic mass is 10.1. The first-order valence-corrected chi connectivity index (χ1v) is 9.70. The van der Waals surface area contributed by atoms with Gasteiger partial charge in [-0.3, -0.25) is 0 Å². The van der Waals surface area contributed by atoms with E-state index in [1.807, 2.05) is 0 Å². The SMILES string of the molecule is CCCC[N+](CCCC)(CCCC)CCCC.ClCCl.[I-]. The standard InChI is InChI=1S/C16H36N.CH2Cl2.HI/c1-5-9-13-17(14-10-6-2,15-11-7-3)16-12-8-4;2-1-3;/h5-16H2,1-4H3;1H2;1H/q+1;;/p-1. The lowest BCUT2D eigenvalue weighted by Crippen LogP contribution is -3.00. The normalized spacial score (nSPS) is 10.6. The third kappa shape index (κ3) is 17.5. The molecule has 0 atom stereocenters. The molecule has 0 spiro atoms. The predicted molar refractivity (Wildman–Crippen MR) is 95.9 cm³/mol. The Balaban J connectivity index is -0.000000740. The van der Waals surface area contributed by atoms with Crippen molar-refractivity contribution in [1.82, 2.24) is 0 Å². The minimum Gasteiger partial charge on any atom is -1.00 e. The van der Waals surface area contributed by atoms with Gasteiger partial charge in [-0.25, -0.2) is 0 Å². The number of unbranched alkanes of at least 4 members (excludes halogenated alkanes) is 4. The predicted octanol–water partition coefficient (Wildman–Crippen LogP) is 3.43. The molecule has 0 fully saturated rings. The summed E-state index contributed by atoms with van der Waals surface area (Å²) in [6.07, 6.45) is 11.1. The molecule has 0 unspecified atom stereocenters. The highest BCUT2D eigenvalue weighted by Gasteiger charge is 2.24. The Morgan fingerprint density at radius 3 is 0.905 bits per heavy atom. The van der Waals surface area contributed by atoms with E-state index >= 15 is 0 Å². The van der Waals surface area contributed by atoms with Crippen molar-refractivity contribution >= 4 is 23.2 Å². The topological polar surface area (TPSA) is 0 Å². The molecule has 0 saturated heterocycles. The summed E-state index contributed by atoms with van der Waals surface area (Å²) in [5, 5.41) is 0.194. The van der Waals surface area contributed by atoms with Crippen LogP contribution in [0.2, 0.25) is 0 Å². The van der Waals surface area contributed by atoms with Gasteiger partial charge in [0.15, 0.2) is 0 Å². The Morgan fingerprint density at radius 2 is 0.762 bits per heavy atom. The van der Waals surface area contributed by atoms with Gasteiger partial charge in [0.25, 0.3) is 0 Å². The van der Waals surface area contributed by atoms with E-state index in [2.05, 4.69) is 27.7 Å². The van der Waals surface area contributed by atoms with E-state index in [9.17, 15) is 0 Å². The van der Waals surface area contributed by atoms with Crippen LogP contribution < -0.4 is 24.0 Å². The van der Waals surface area contributed by atoms with E-state index in [1.165, 1.54) is 82.0 Å². The van der Waals surface area contributed by atoms with E-state index in [0.717, 1.165) is 0 Å². The quantitative estimate of drug-likeness (QED) is 0.241. The second-order valence-electron chi connectivity index (χ2n) is 5.75. The fourth-order valence-corrected chi connectivity index (χ4v) is 2.64. The van der Waals surface area contributed by atoms with E-state index < -0.39 is 0 Å². The number of hydrogen-bond acceptors (Lipinski definition) is 0. The monoisotopic (exact) mass is 453 g/mol. The smallest absolute Gasteiger partial charge is 0.0967 e. The van der Waals surface area contributed by atoms with Gasteiger partial charge in [0, 0.05) is 0 Å². The van der Waals surface area contributed by atoms with Crippen molar-refractivity contribution < 1.29 is 28.5 Å². The van der Waals surface area contributed by atoms with Crippen LogP contribution >= 0.6 is 23.2 Å². The molecular weight excluding hydrogens is 416 g/mol. The molecular formula is C17H38Cl2IN. The van der Waals surface area contributed by atoms with Crippen molar-refractivity contribution in [2.24, 2.45) is 0 Å². The molecule has 0 N–H and O–H groups in total. The summed E-state index contributed by atoms with van der Waals surface area (Å²) < 4.78 is 1.42. The number of nitrogens with zero attached hydrogens (tertiary/aromatic N) is 1. The number of quaternary nitrogens is 1. The molecule has 132 valence electrons. The van der Waals surface area contributed by atoms with Gasteiger partial charge >= 0.3 is 0 Å². The van der Waals surface area contributed by atoms with Crippen LogP contribution in [0.4, 0.5) is 0 Å². The summed E-state index contributed by atoms with van der Waals surface area (Å²) in [4.78, 5) is 0. The first kappa shape index (κ1) is 27.1. The van der Waals surface area contributed by atoms with Crippen molar-refractivity contribution in [1.29, 1.82) is 0 Å². The van der Waals surface area contributed by atoms with Gasteiger partial charge in [-0.15, -0.1) is 23.2 Å². The minimum absolute atomic E-state index is 0. The Hall–Kier alpha value is 1.27. The largest absolute Gasteiger partial charge is 1.00 e. The van der Waals surface area contributed by atoms with E-state index in [1.54, 1.807) is 0 Å². The van der Waals surface area contributed by atoms with Gasteiger partial charge in [0.2, 0.25) is 0 Å². The summed E-state index contributed by atoms with van der Waals surface area (Å²) >= 11 is 9.53. The van der Waals surface area contributed by atoms with Crippen LogP contribution in [-0.2, 0) is 0 Å². The van der Waals surface area contributed by atoms with Gasteiger partial charge in [-0.05, 0) is 25.7 Å². The zero-order chi connectivity index (χ0) is 15.7. The molecule has 4 heteroatoms. The highest BCUT2D eigenvalue weighted by molar-refractivity contribution is 6.40. The van der Waals surface area contributed by atoms with Crippen molar-refractivity contribution in [2.45, 2.75) is 79.1 Å². The molecule has 0 saturated carbocycles. The Bertz CT molecular complexity index is 143. The van der Waals surface area contributed by atoms with Crippen LogP contribution in [0.25, 0.3) is 0 Å². The lowest BCUT2D eigenvalue weighted by Gasteiger charge is -2.39. The molecule has 1 nitrogen and oxygen atoms in total. The molecule has 0 bridgehead atoms. The third-order valence-corrected chi connectivity index (χ3v) is 3.94. The van der Waals surface area contributed by atoms with Crippen LogP contribution in [0.5, 0.6) is 0 Å². The second kappa shape index (κ2) is 21.3. The van der Waals surface area contributed by atoms with Gasteiger partial charge in [0.05, 0.1) is 31.5 Å². The van der Waals surface area contributed by atoms with E-state index in [0.29, 0.717) is 0 Å². The molecule has 0 heterocycles. The molecule has 0 aliphatic rings. The lowest BCUT2D eigenvalue weighted by molar-refractivity contribution is -0.929. The summed E-state index contributed by atoms with van der Waals surface area (Å²) in [5.74, 6) is 0. The fraction of sp³-hybridized carbons (Fsp3) is 1.00. The van der Waals surface area contributed by atoms with Crippen molar-refractivity contribution in [3.8, 4) is 0 Å². The van der Waals surface area contributed by atoms with Gasteiger partial charge in [0.1, 0.15) is 0 Å². The van der Waals surface area contributed by atoms with Crippen molar-refractivity contribution in [2.75, 3.05) is 31.5 Å². The first-order chi connectivity index (χ1) is 9.66. The van der Waals surface area contributed by atoms with Crippen molar-refractivity contribution in [3.63, 3.8) is 0 Å². The van der Waals surface area contributed by atoms with Gasteiger partial charge < -0.3 is 28.5 Å². The zero-order valence-electron chi connectivity index (χ0n) is 14.8. The van der Waals surface area contributed by atoms with E-state index in [-0.39, 0.29) is 29.3 Å². The second-order valence-corrected chi connectivity index (χ2v) is 6.56. The highest BCUT2D eigenvalue weighted by Crippen LogP contribution is 2.16. The molecule has 0 aliphatic carbocycles. The van der Waals surface area contributed by atoms with Gasteiger partial charge in [-0.1, -0.05) is 53.4 Å². The summed E-state index contributed by atoms with van der Waals surface area (Å²) in [7, 11) is 0. The molecule has 0 aromatic rings. The molecule has 0 rings (SSSR count). The summed E-state index contributed by atoms with van der Waals surface area (Å²) in [6, 6.07) is 0. The van der Waals surface area contributed by atoms with Crippen LogP contribution in [0.3, 0.4) is 0 Å². The Morgan fingerprint density at radius 1 is 0.571 bits per heavy atom. The Kier molecular flexibility index (Phi) is 27.5. The number of halogens is 3. The minimum atomic E-state index is 0. The summed E-state index contributed by atoms with van der Waals surface area (Å²) in [6.45, 7) is 15.0. The summed E-state index contributed by atoms with van der Waals surface area (Å²) in [5.41, 5.74) is 0. The maximum Gasteiger partial charge on any atom is 0.0967 e. The van der Waals surface area contributed by atoms with Crippen LogP contribution in [0.15, 0.2) is 0 Å². The van der Waals surface area contributed by atoms with Crippen LogP contribution in [-0.4, -0.2) is 36.0 Å². The zero-order valence-corrected chi connectivity index (χ0v) is 18.4. The average Bonchev–Trinajstić information content (AvgIpc) is 2.46. The molecule has 0 aromatic carbocycles. The van der Waals surface area contributed by atoms with Gasteiger partial charge in [-0.2, -0.15) is 0 Å². The Labute approximate surface area is 161 Å². The maximum absolute atomic E-state index is 4.76. The first-order valence-electron chi connectivity index (χ1n) is 8.63. The molecule has 0 radical (unpaired) electrons. The van der Waals surface area contributed by atoms with Crippen LogP contribution in [0, 0.1) is 0 Å². The van der Waals surface area contributed by atoms with E-state index in [4.69, 9.17) is 23.2 Å². The third-order valence-electron chi connectivity index (χ3n) is 3.94. The highest BCUT2D eigenvalue weighted by atomic mass is 127. The number of rotatable bonds is 12. The number of alkyl halides is 2. The number of hydrogen-bond donors (Lipinski definition) is 0. The van der Waals surface area contributed by atoms with Crippen molar-refractivity contribution in [3.05, 3.63) is 0 Å². The molecule has 0 aliphatic heterocycles. The van der Waals surface area contributed by atoms with Crippen LogP contribution in [0.1, 0.15) is 79.1 Å². The molecule has 21 heavy (non-hydrogen) atoms. The molecule has 0 aromatic heterocycles.